The Morgan fingerprint density at radius 1 is 1.00 bits per heavy atom. The van der Waals surface area contributed by atoms with Gasteiger partial charge in [-0.25, -0.2) is 9.68 Å². The van der Waals surface area contributed by atoms with Crippen LogP contribution in [0.4, 0.5) is 5.00 Å². The topological polar surface area (TPSA) is 85.4 Å². The highest BCUT2D eigenvalue weighted by atomic mass is 35.5. The molecule has 2 unspecified atom stereocenters. The van der Waals surface area contributed by atoms with Crippen LogP contribution in [0.15, 0.2) is 65.7 Å². The molecule has 3 heterocycles. The van der Waals surface area contributed by atoms with Crippen LogP contribution >= 0.6 is 57.9 Å². The second-order valence-electron chi connectivity index (χ2n) is 8.51. The van der Waals surface area contributed by atoms with Gasteiger partial charge in [0, 0.05) is 34.5 Å². The Labute approximate surface area is 246 Å². The van der Waals surface area contributed by atoms with E-state index in [1.165, 1.54) is 64.2 Å². The van der Waals surface area contributed by atoms with Gasteiger partial charge in [0.1, 0.15) is 17.2 Å². The van der Waals surface area contributed by atoms with Crippen molar-refractivity contribution < 1.29 is 28.9 Å². The third-order valence-corrected chi connectivity index (χ3v) is 8.99. The number of carbonyl (C=O) groups is 3. The highest BCUT2D eigenvalue weighted by Gasteiger charge is 2.55. The maximum absolute atomic E-state index is 13.0. The molecule has 39 heavy (non-hydrogen) atoms. The van der Waals surface area contributed by atoms with E-state index >= 15 is 0 Å². The highest BCUT2D eigenvalue weighted by Crippen LogP contribution is 2.44. The van der Waals surface area contributed by atoms with Crippen molar-refractivity contribution in [2.24, 2.45) is 0 Å². The predicted molar refractivity (Wildman–Crippen MR) is 152 cm³/mol. The van der Waals surface area contributed by atoms with Gasteiger partial charge >= 0.3 is 5.97 Å². The lowest BCUT2D eigenvalue weighted by Crippen LogP contribution is -2.70. The second-order valence-corrected chi connectivity index (χ2v) is 12.2. The number of rotatable bonds is 7. The summed E-state index contributed by atoms with van der Waals surface area (Å²) in [7, 11) is 0. The number of anilines is 1. The van der Waals surface area contributed by atoms with Crippen LogP contribution < -0.4 is 14.5 Å². The molecule has 1 aromatic heterocycles. The molecule has 0 N–H and O–H groups in total. The van der Waals surface area contributed by atoms with Gasteiger partial charge in [-0.1, -0.05) is 34.8 Å². The lowest BCUT2D eigenvalue weighted by molar-refractivity contribution is -0.209. The van der Waals surface area contributed by atoms with Crippen molar-refractivity contribution in [2.45, 2.75) is 30.5 Å². The Bertz CT molecular complexity index is 1480. The van der Waals surface area contributed by atoms with E-state index in [4.69, 9.17) is 49.3 Å². The third-order valence-electron chi connectivity index (χ3n) is 5.93. The summed E-state index contributed by atoms with van der Waals surface area (Å²) in [6.45, 7) is 3.24. The zero-order chi connectivity index (χ0) is 27.8. The Morgan fingerprint density at radius 2 is 1.72 bits per heavy atom. The number of nitrogens with zero attached hydrogens (tertiary/aromatic N) is 2. The van der Waals surface area contributed by atoms with E-state index in [-0.39, 0.29) is 44.5 Å². The van der Waals surface area contributed by atoms with Gasteiger partial charge in [0.15, 0.2) is 5.75 Å². The molecule has 3 aromatic rings. The molecule has 3 atom stereocenters. The number of amides is 2. The van der Waals surface area contributed by atoms with E-state index in [1.807, 2.05) is 18.4 Å². The fraction of sp³-hybridized carbons (Fsp3) is 0.192. The Hall–Kier alpha value is -2.89. The number of thiophene rings is 1. The van der Waals surface area contributed by atoms with Crippen LogP contribution in [0, 0.1) is 0 Å². The molecule has 0 radical (unpaired) electrons. The lowest BCUT2D eigenvalue weighted by Gasteiger charge is -2.51. The molecule has 2 aliphatic heterocycles. The van der Waals surface area contributed by atoms with Crippen LogP contribution in [0.25, 0.3) is 0 Å². The van der Waals surface area contributed by atoms with Crippen LogP contribution in [0.3, 0.4) is 0 Å². The summed E-state index contributed by atoms with van der Waals surface area (Å²) in [6.07, 6.45) is 1.45. The number of hydrogen-bond donors (Lipinski definition) is 0. The molecule has 8 nitrogen and oxygen atoms in total. The van der Waals surface area contributed by atoms with Crippen LogP contribution in [0.1, 0.15) is 13.8 Å². The summed E-state index contributed by atoms with van der Waals surface area (Å²) in [6, 6.07) is 12.2. The van der Waals surface area contributed by atoms with Crippen LogP contribution in [-0.2, 0) is 19.3 Å². The normalized spacial score (nSPS) is 19.9. The van der Waals surface area contributed by atoms with Gasteiger partial charge in [0.25, 0.3) is 5.91 Å². The highest BCUT2D eigenvalue weighted by molar-refractivity contribution is 8.00. The molecular formula is C26H19Cl3N2O6S2. The fourth-order valence-corrected chi connectivity index (χ4v) is 6.90. The first-order valence-corrected chi connectivity index (χ1v) is 14.4. The third kappa shape index (κ3) is 5.57. The van der Waals surface area contributed by atoms with Gasteiger partial charge < -0.3 is 9.64 Å². The van der Waals surface area contributed by atoms with Crippen molar-refractivity contribution in [1.29, 1.82) is 0 Å². The number of carbonyl (C=O) groups excluding carboxylic acids is 3. The first-order chi connectivity index (χ1) is 18.6. The second kappa shape index (κ2) is 11.3. The summed E-state index contributed by atoms with van der Waals surface area (Å²) >= 11 is 21.0. The van der Waals surface area contributed by atoms with Crippen molar-refractivity contribution in [3.63, 3.8) is 0 Å². The summed E-state index contributed by atoms with van der Waals surface area (Å²) < 4.78 is 5.82. The van der Waals surface area contributed by atoms with Crippen LogP contribution in [0.5, 0.6) is 17.2 Å². The van der Waals surface area contributed by atoms with Crippen LogP contribution in [0.2, 0.25) is 15.1 Å². The minimum atomic E-state index is -0.790. The number of β-lactam (4-membered cyclic amide) rings is 1. The number of benzene rings is 2. The minimum absolute atomic E-state index is 0.0320. The molecule has 0 spiro atoms. The maximum Gasteiger partial charge on any atom is 0.384 e. The average Bonchev–Trinajstić information content (AvgIpc) is 3.42. The Kier molecular flexibility index (Phi) is 8.02. The predicted octanol–water partition coefficient (Wildman–Crippen LogP) is 6.95. The van der Waals surface area contributed by atoms with Crippen molar-refractivity contribution >= 4 is 80.7 Å². The van der Waals surface area contributed by atoms with E-state index in [0.29, 0.717) is 20.8 Å². The molecule has 5 rings (SSSR count). The summed E-state index contributed by atoms with van der Waals surface area (Å²) in [5.74, 6) is -0.787. The van der Waals surface area contributed by atoms with Crippen molar-refractivity contribution in [3.05, 3.63) is 80.8 Å². The quantitative estimate of drug-likeness (QED) is 0.160. The number of halogens is 3. The van der Waals surface area contributed by atoms with Crippen molar-refractivity contribution in [1.82, 2.24) is 4.90 Å². The van der Waals surface area contributed by atoms with E-state index in [2.05, 4.69) is 0 Å². The van der Waals surface area contributed by atoms with Crippen LogP contribution in [-0.4, -0.2) is 39.3 Å². The van der Waals surface area contributed by atoms with Gasteiger partial charge in [-0.3, -0.25) is 19.4 Å². The molecule has 13 heteroatoms. The summed E-state index contributed by atoms with van der Waals surface area (Å²) in [5.41, 5.74) is 0.221. The van der Waals surface area contributed by atoms with Crippen molar-refractivity contribution in [2.75, 3.05) is 4.90 Å². The maximum atomic E-state index is 13.0. The molecule has 2 amide bonds. The van der Waals surface area contributed by atoms with Gasteiger partial charge in [-0.05, 0) is 54.8 Å². The molecular weight excluding hydrogens is 607 g/mol. The van der Waals surface area contributed by atoms with Gasteiger partial charge in [-0.2, -0.15) is 0 Å². The largest absolute Gasteiger partial charge is 0.452 e. The molecule has 0 bridgehead atoms. The molecule has 2 aliphatic rings. The number of thioether (sulfide) groups is 1. The van der Waals surface area contributed by atoms with E-state index in [1.54, 1.807) is 24.3 Å². The molecule has 0 aliphatic carbocycles. The van der Waals surface area contributed by atoms with E-state index in [9.17, 15) is 14.4 Å². The minimum Gasteiger partial charge on any atom is -0.452 e. The summed E-state index contributed by atoms with van der Waals surface area (Å²) in [5, 5.41) is 2.88. The summed E-state index contributed by atoms with van der Waals surface area (Å²) in [4.78, 5) is 51.8. The number of ether oxygens (including phenoxy) is 1. The number of hydrogen-bond acceptors (Lipinski definition) is 8. The zero-order valence-corrected chi connectivity index (χ0v) is 24.2. The average molecular weight is 626 g/mol. The monoisotopic (exact) mass is 624 g/mol. The Morgan fingerprint density at radius 3 is 2.38 bits per heavy atom. The zero-order valence-electron chi connectivity index (χ0n) is 20.3. The smallest absolute Gasteiger partial charge is 0.384 e. The molecule has 2 aromatic carbocycles. The number of fused-ring (bicyclic) bond motifs is 1. The molecule has 1 saturated heterocycles. The molecule has 1 fully saturated rings. The molecule has 0 saturated carbocycles. The van der Waals surface area contributed by atoms with Gasteiger partial charge in [0.05, 0.1) is 15.6 Å². The van der Waals surface area contributed by atoms with Gasteiger partial charge in [0.2, 0.25) is 11.7 Å². The lowest BCUT2D eigenvalue weighted by atomic mass is 10.0. The fourth-order valence-electron chi connectivity index (χ4n) is 4.07. The Balaban J connectivity index is 1.30. The van der Waals surface area contributed by atoms with E-state index in [0.717, 1.165) is 0 Å². The SMILES string of the molecule is CC(=O)N(c1cccs1)C1C(=O)N2C=C(C(=O)OOc3cc(Cl)ccc3Oc3ccc(Cl)cc3Cl)C(C)S[C@H]12. The van der Waals surface area contributed by atoms with E-state index < -0.39 is 12.0 Å². The van der Waals surface area contributed by atoms with Gasteiger partial charge in [-0.15, -0.1) is 23.1 Å². The first kappa shape index (κ1) is 27.7. The standard InChI is InChI=1S/C26H19Cl3N2O6S2/c1-13-17(12-30-24(33)23(25(30)39-13)31(14(2)32)22-4-3-9-38-22)26(34)37-36-21-11-16(28)6-8-20(21)35-19-7-5-15(27)10-18(19)29/h3-13,23,25H,1-2H3/t13?,23?,25-/m1/s1. The first-order valence-electron chi connectivity index (χ1n) is 11.5. The molecule has 202 valence electrons. The van der Waals surface area contributed by atoms with Crippen molar-refractivity contribution in [3.8, 4) is 17.2 Å².